The molecular formula is C26H16F4N2O4S. The van der Waals surface area contributed by atoms with Crippen LogP contribution in [0.5, 0.6) is 11.5 Å². The van der Waals surface area contributed by atoms with Crippen LogP contribution in [-0.2, 0) is 6.18 Å². The fraction of sp³-hybridized carbons (Fsp3) is 0.0385. The number of nitrogens with zero attached hydrogens (tertiary/aromatic N) is 1. The van der Waals surface area contributed by atoms with Crippen LogP contribution in [0.1, 0.15) is 15.9 Å². The first-order chi connectivity index (χ1) is 17.6. The second-order valence-corrected chi connectivity index (χ2v) is 8.69. The second kappa shape index (κ2) is 10.7. The van der Waals surface area contributed by atoms with Crippen LogP contribution >= 0.6 is 11.8 Å². The molecule has 4 aromatic rings. The number of carbonyl (C=O) groups excluding carboxylic acids is 1. The summed E-state index contributed by atoms with van der Waals surface area (Å²) in [7, 11) is 0. The number of carbonyl (C=O) groups is 1. The van der Waals surface area contributed by atoms with Crippen LogP contribution in [0.2, 0.25) is 0 Å². The Morgan fingerprint density at radius 2 is 1.62 bits per heavy atom. The first-order valence-corrected chi connectivity index (χ1v) is 11.4. The van der Waals surface area contributed by atoms with Crippen molar-refractivity contribution in [3.63, 3.8) is 0 Å². The number of rotatable bonds is 7. The minimum Gasteiger partial charge on any atom is -0.455 e. The van der Waals surface area contributed by atoms with Crippen molar-refractivity contribution in [1.82, 2.24) is 0 Å². The van der Waals surface area contributed by atoms with Crippen molar-refractivity contribution < 1.29 is 32.0 Å². The van der Waals surface area contributed by atoms with Crippen molar-refractivity contribution in [3.8, 4) is 11.5 Å². The molecule has 0 radical (unpaired) electrons. The van der Waals surface area contributed by atoms with E-state index >= 15 is 0 Å². The summed E-state index contributed by atoms with van der Waals surface area (Å²) in [5.41, 5.74) is -1.85. The number of halogens is 4. The van der Waals surface area contributed by atoms with Gasteiger partial charge >= 0.3 is 6.18 Å². The minimum atomic E-state index is -4.71. The van der Waals surface area contributed by atoms with Gasteiger partial charge in [0.2, 0.25) is 0 Å². The first kappa shape index (κ1) is 25.7. The number of hydrogen-bond acceptors (Lipinski definition) is 5. The lowest BCUT2D eigenvalue weighted by atomic mass is 10.1. The quantitative estimate of drug-likeness (QED) is 0.150. The maximum absolute atomic E-state index is 13.3. The molecule has 0 aromatic heterocycles. The van der Waals surface area contributed by atoms with Gasteiger partial charge in [0, 0.05) is 16.5 Å². The standard InChI is InChI=1S/C26H16F4N2O4S/c27-18-8-10-19(11-9-18)36-23-12-7-17(26(28,29)30)15-21(23)31-25(33)16-6-13-24(22(14-16)32(34)35)37-20-4-2-1-3-5-20/h1-15H,(H,31,33). The van der Waals surface area contributed by atoms with Crippen molar-refractivity contribution in [3.05, 3.63) is 118 Å². The van der Waals surface area contributed by atoms with Crippen molar-refractivity contribution in [2.45, 2.75) is 16.0 Å². The molecule has 0 unspecified atom stereocenters. The van der Waals surface area contributed by atoms with Gasteiger partial charge in [-0.3, -0.25) is 14.9 Å². The van der Waals surface area contributed by atoms with Gasteiger partial charge < -0.3 is 10.1 Å². The van der Waals surface area contributed by atoms with Gasteiger partial charge in [-0.05, 0) is 66.7 Å². The number of anilines is 1. The highest BCUT2D eigenvalue weighted by Crippen LogP contribution is 2.38. The van der Waals surface area contributed by atoms with Gasteiger partial charge in [0.25, 0.3) is 11.6 Å². The molecule has 0 aliphatic heterocycles. The summed E-state index contributed by atoms with van der Waals surface area (Å²) >= 11 is 1.13. The van der Waals surface area contributed by atoms with Crippen LogP contribution < -0.4 is 10.1 Å². The lowest BCUT2D eigenvalue weighted by Crippen LogP contribution is -2.14. The average molecular weight is 528 g/mol. The number of benzene rings is 4. The summed E-state index contributed by atoms with van der Waals surface area (Å²) in [5.74, 6) is -1.44. The Morgan fingerprint density at radius 1 is 0.919 bits per heavy atom. The molecule has 6 nitrogen and oxygen atoms in total. The number of nitro groups is 1. The number of ether oxygens (including phenoxy) is 1. The third kappa shape index (κ3) is 6.44. The molecule has 0 spiro atoms. The van der Waals surface area contributed by atoms with Crippen LogP contribution in [0.4, 0.5) is 28.9 Å². The second-order valence-electron chi connectivity index (χ2n) is 7.57. The highest BCUT2D eigenvalue weighted by molar-refractivity contribution is 7.99. The Labute approximate surface area is 212 Å². The summed E-state index contributed by atoms with van der Waals surface area (Å²) in [4.78, 5) is 25.0. The third-order valence-electron chi connectivity index (χ3n) is 4.99. The van der Waals surface area contributed by atoms with Gasteiger partial charge in [-0.25, -0.2) is 4.39 Å². The van der Waals surface area contributed by atoms with Crippen molar-refractivity contribution in [2.24, 2.45) is 0 Å². The number of nitro benzene ring substituents is 1. The molecule has 1 N–H and O–H groups in total. The Bertz CT molecular complexity index is 1450. The first-order valence-electron chi connectivity index (χ1n) is 10.6. The number of hydrogen-bond donors (Lipinski definition) is 1. The molecule has 0 aliphatic rings. The lowest BCUT2D eigenvalue weighted by Gasteiger charge is -2.15. The lowest BCUT2D eigenvalue weighted by molar-refractivity contribution is -0.387. The maximum atomic E-state index is 13.3. The molecule has 1 amide bonds. The molecule has 0 saturated heterocycles. The zero-order valence-electron chi connectivity index (χ0n) is 18.7. The fourth-order valence-electron chi connectivity index (χ4n) is 3.22. The van der Waals surface area contributed by atoms with E-state index in [0.29, 0.717) is 6.07 Å². The van der Waals surface area contributed by atoms with Gasteiger partial charge in [-0.2, -0.15) is 13.2 Å². The summed E-state index contributed by atoms with van der Waals surface area (Å²) in [6.45, 7) is 0. The van der Waals surface area contributed by atoms with Crippen LogP contribution in [-0.4, -0.2) is 10.8 Å². The van der Waals surface area contributed by atoms with Crippen LogP contribution in [0, 0.1) is 15.9 Å². The van der Waals surface area contributed by atoms with Crippen LogP contribution in [0.25, 0.3) is 0 Å². The van der Waals surface area contributed by atoms with Crippen molar-refractivity contribution in [1.29, 1.82) is 0 Å². The predicted molar refractivity (Wildman–Crippen MR) is 130 cm³/mol. The summed E-state index contributed by atoms with van der Waals surface area (Å²) in [5, 5.41) is 14.0. The van der Waals surface area contributed by atoms with Crippen molar-refractivity contribution >= 4 is 29.0 Å². The van der Waals surface area contributed by atoms with E-state index in [-0.39, 0.29) is 33.3 Å². The van der Waals surface area contributed by atoms with Gasteiger partial charge in [0.15, 0.2) is 5.75 Å². The van der Waals surface area contributed by atoms with E-state index in [0.717, 1.165) is 47.0 Å². The molecule has 188 valence electrons. The van der Waals surface area contributed by atoms with E-state index in [2.05, 4.69) is 5.32 Å². The van der Waals surface area contributed by atoms with Gasteiger partial charge in [0.05, 0.1) is 21.1 Å². The molecule has 0 heterocycles. The van der Waals surface area contributed by atoms with E-state index < -0.39 is 28.4 Å². The average Bonchev–Trinajstić information content (AvgIpc) is 2.86. The molecule has 11 heteroatoms. The predicted octanol–water partition coefficient (Wildman–Crippen LogP) is 7.95. The largest absolute Gasteiger partial charge is 0.455 e. The van der Waals surface area contributed by atoms with Crippen molar-refractivity contribution in [2.75, 3.05) is 5.32 Å². The topological polar surface area (TPSA) is 81.5 Å². The number of nitrogens with one attached hydrogen (secondary N) is 1. The molecular weight excluding hydrogens is 512 g/mol. The Hall–Kier alpha value is -4.38. The SMILES string of the molecule is O=C(Nc1cc(C(F)(F)F)ccc1Oc1ccc(F)cc1)c1ccc(Sc2ccccc2)c([N+](=O)[O-])c1. The Morgan fingerprint density at radius 3 is 2.27 bits per heavy atom. The molecule has 37 heavy (non-hydrogen) atoms. The maximum Gasteiger partial charge on any atom is 0.416 e. The van der Waals surface area contributed by atoms with Gasteiger partial charge in [0.1, 0.15) is 11.6 Å². The third-order valence-corrected chi connectivity index (χ3v) is 6.06. The molecule has 0 fully saturated rings. The molecule has 4 rings (SSSR count). The highest BCUT2D eigenvalue weighted by Gasteiger charge is 2.31. The van der Waals surface area contributed by atoms with E-state index in [1.54, 1.807) is 30.3 Å². The smallest absolute Gasteiger partial charge is 0.416 e. The zero-order chi connectivity index (χ0) is 26.6. The number of amides is 1. The molecule has 0 aliphatic carbocycles. The Balaban J connectivity index is 1.65. The fourth-order valence-corrected chi connectivity index (χ4v) is 4.14. The molecule has 4 aromatic carbocycles. The highest BCUT2D eigenvalue weighted by atomic mass is 32.2. The van der Waals surface area contributed by atoms with Crippen LogP contribution in [0.15, 0.2) is 101 Å². The molecule has 0 atom stereocenters. The van der Waals surface area contributed by atoms with Gasteiger partial charge in [-0.1, -0.05) is 30.0 Å². The van der Waals surface area contributed by atoms with E-state index in [9.17, 15) is 32.5 Å². The monoisotopic (exact) mass is 528 g/mol. The van der Waals surface area contributed by atoms with Gasteiger partial charge in [-0.15, -0.1) is 0 Å². The summed E-state index contributed by atoms with van der Waals surface area (Å²) in [6, 6.07) is 19.9. The zero-order valence-corrected chi connectivity index (χ0v) is 19.5. The summed E-state index contributed by atoms with van der Waals surface area (Å²) in [6.07, 6.45) is -4.71. The van der Waals surface area contributed by atoms with E-state index in [1.165, 1.54) is 24.3 Å². The molecule has 0 saturated carbocycles. The number of alkyl halides is 3. The Kier molecular flexibility index (Phi) is 7.44. The van der Waals surface area contributed by atoms with E-state index in [1.807, 2.05) is 0 Å². The molecule has 0 bridgehead atoms. The normalized spacial score (nSPS) is 11.1. The van der Waals surface area contributed by atoms with Crippen LogP contribution in [0.3, 0.4) is 0 Å². The van der Waals surface area contributed by atoms with E-state index in [4.69, 9.17) is 4.74 Å². The summed E-state index contributed by atoms with van der Waals surface area (Å²) < 4.78 is 58.7. The minimum absolute atomic E-state index is 0.120.